The molecule has 98 valence electrons. The summed E-state index contributed by atoms with van der Waals surface area (Å²) >= 11 is 6.33. The van der Waals surface area contributed by atoms with Gasteiger partial charge >= 0.3 is 0 Å². The Balaban J connectivity index is 1.86. The molecule has 2 rings (SSSR count). The van der Waals surface area contributed by atoms with E-state index in [-0.39, 0.29) is 0 Å². The van der Waals surface area contributed by atoms with Gasteiger partial charge in [-0.2, -0.15) is 0 Å². The van der Waals surface area contributed by atoms with Crippen molar-refractivity contribution >= 4 is 22.5 Å². The fourth-order valence-electron chi connectivity index (χ4n) is 2.00. The van der Waals surface area contributed by atoms with Crippen LogP contribution in [0.5, 0.6) is 0 Å². The molecular formula is C14H19ClN2O. The van der Waals surface area contributed by atoms with Crippen LogP contribution in [0.3, 0.4) is 0 Å². The average Bonchev–Trinajstić information content (AvgIpc) is 2.71. The molecule has 0 fully saturated rings. The summed E-state index contributed by atoms with van der Waals surface area (Å²) < 4.78 is 5.01. The highest BCUT2D eigenvalue weighted by atomic mass is 35.5. The Bertz CT molecular complexity index is 495. The fraction of sp³-hybridized carbons (Fsp3) is 0.429. The predicted octanol–water partition coefficient (Wildman–Crippen LogP) is 3.34. The van der Waals surface area contributed by atoms with E-state index in [1.807, 2.05) is 24.3 Å². The molecule has 0 saturated carbocycles. The molecule has 2 N–H and O–H groups in total. The number of unbranched alkanes of at least 4 members (excludes halogenated alkanes) is 1. The lowest BCUT2D eigenvalue weighted by Crippen LogP contribution is -2.15. The summed E-state index contributed by atoms with van der Waals surface area (Å²) in [5.74, 6) is 0. The van der Waals surface area contributed by atoms with E-state index in [0.29, 0.717) is 0 Å². The van der Waals surface area contributed by atoms with E-state index in [2.05, 4.69) is 10.3 Å². The third-order valence-corrected chi connectivity index (χ3v) is 3.40. The summed E-state index contributed by atoms with van der Waals surface area (Å²) in [5.41, 5.74) is 2.16. The van der Waals surface area contributed by atoms with Crippen LogP contribution in [0.1, 0.15) is 18.5 Å². The molecule has 0 aliphatic rings. The van der Waals surface area contributed by atoms with Crippen LogP contribution >= 0.6 is 11.6 Å². The van der Waals surface area contributed by atoms with Crippen LogP contribution in [0, 0.1) is 0 Å². The number of hydrogen-bond donors (Lipinski definition) is 2. The summed E-state index contributed by atoms with van der Waals surface area (Å²) in [5, 5.41) is 5.31. The van der Waals surface area contributed by atoms with Crippen molar-refractivity contribution in [2.75, 3.05) is 20.3 Å². The summed E-state index contributed by atoms with van der Waals surface area (Å²) in [4.78, 5) is 3.35. The highest BCUT2D eigenvalue weighted by Gasteiger charge is 2.07. The van der Waals surface area contributed by atoms with Gasteiger partial charge in [-0.05, 0) is 25.5 Å². The number of aromatic nitrogens is 1. The van der Waals surface area contributed by atoms with Gasteiger partial charge in [-0.1, -0.05) is 29.8 Å². The van der Waals surface area contributed by atoms with Gasteiger partial charge in [-0.25, -0.2) is 0 Å². The highest BCUT2D eigenvalue weighted by molar-refractivity contribution is 6.36. The number of hydrogen-bond acceptors (Lipinski definition) is 2. The van der Waals surface area contributed by atoms with Gasteiger partial charge in [0.2, 0.25) is 0 Å². The molecule has 0 unspecified atom stereocenters. The molecule has 1 heterocycles. The molecule has 0 saturated heterocycles. The van der Waals surface area contributed by atoms with Crippen molar-refractivity contribution in [2.24, 2.45) is 0 Å². The first kappa shape index (κ1) is 13.4. The van der Waals surface area contributed by atoms with Crippen LogP contribution in [0.15, 0.2) is 24.3 Å². The molecule has 4 heteroatoms. The van der Waals surface area contributed by atoms with Gasteiger partial charge < -0.3 is 15.0 Å². The number of ether oxygens (including phenoxy) is 1. The van der Waals surface area contributed by atoms with E-state index >= 15 is 0 Å². The number of aromatic amines is 1. The quantitative estimate of drug-likeness (QED) is 0.754. The van der Waals surface area contributed by atoms with Gasteiger partial charge in [0.15, 0.2) is 0 Å². The third-order valence-electron chi connectivity index (χ3n) is 2.97. The van der Waals surface area contributed by atoms with Crippen molar-refractivity contribution in [1.29, 1.82) is 0 Å². The summed E-state index contributed by atoms with van der Waals surface area (Å²) in [6.07, 6.45) is 2.20. The second kappa shape index (κ2) is 6.78. The lowest BCUT2D eigenvalue weighted by molar-refractivity contribution is 0.192. The number of nitrogens with one attached hydrogen (secondary N) is 2. The van der Waals surface area contributed by atoms with Crippen molar-refractivity contribution in [3.8, 4) is 0 Å². The Morgan fingerprint density at radius 3 is 2.89 bits per heavy atom. The average molecular weight is 267 g/mol. The maximum absolute atomic E-state index is 6.33. The Morgan fingerprint density at radius 2 is 2.11 bits per heavy atom. The highest BCUT2D eigenvalue weighted by Crippen LogP contribution is 2.26. The van der Waals surface area contributed by atoms with Gasteiger partial charge in [0, 0.05) is 36.9 Å². The standard InChI is InChI=1S/C14H19ClN2O/c1-18-9-5-4-8-16-10-13-14(15)11-6-2-3-7-12(11)17-13/h2-3,6-7,16-17H,4-5,8-10H2,1H3. The van der Waals surface area contributed by atoms with Crippen LogP contribution in [0.4, 0.5) is 0 Å². The molecule has 2 aromatic rings. The van der Waals surface area contributed by atoms with Crippen LogP contribution < -0.4 is 5.32 Å². The Hall–Kier alpha value is -1.03. The second-order valence-corrected chi connectivity index (χ2v) is 4.72. The number of rotatable bonds is 7. The van der Waals surface area contributed by atoms with E-state index in [4.69, 9.17) is 16.3 Å². The topological polar surface area (TPSA) is 37.0 Å². The smallest absolute Gasteiger partial charge is 0.0705 e. The number of para-hydroxylation sites is 1. The van der Waals surface area contributed by atoms with Crippen LogP contribution in [-0.4, -0.2) is 25.2 Å². The van der Waals surface area contributed by atoms with Crippen molar-refractivity contribution in [2.45, 2.75) is 19.4 Å². The zero-order chi connectivity index (χ0) is 12.8. The Kier molecular flexibility index (Phi) is 5.05. The molecule has 0 spiro atoms. The maximum atomic E-state index is 6.33. The lowest BCUT2D eigenvalue weighted by atomic mass is 10.2. The van der Waals surface area contributed by atoms with Gasteiger partial charge in [0.1, 0.15) is 0 Å². The summed E-state index contributed by atoms with van der Waals surface area (Å²) in [6.45, 7) is 2.59. The molecule has 1 aromatic carbocycles. The van der Waals surface area contributed by atoms with Crippen molar-refractivity contribution < 1.29 is 4.74 Å². The van der Waals surface area contributed by atoms with Gasteiger partial charge in [0.25, 0.3) is 0 Å². The zero-order valence-corrected chi connectivity index (χ0v) is 11.4. The third kappa shape index (κ3) is 3.25. The molecule has 0 atom stereocenters. The van der Waals surface area contributed by atoms with Crippen LogP contribution in [0.25, 0.3) is 10.9 Å². The maximum Gasteiger partial charge on any atom is 0.0705 e. The SMILES string of the molecule is COCCCCNCc1[nH]c2ccccc2c1Cl. The van der Waals surface area contributed by atoms with Crippen molar-refractivity contribution in [3.05, 3.63) is 35.0 Å². The second-order valence-electron chi connectivity index (χ2n) is 4.34. The number of benzene rings is 1. The molecular weight excluding hydrogens is 248 g/mol. The first-order valence-corrected chi connectivity index (χ1v) is 6.65. The van der Waals surface area contributed by atoms with Gasteiger partial charge in [-0.15, -0.1) is 0 Å². The van der Waals surface area contributed by atoms with Crippen LogP contribution in [-0.2, 0) is 11.3 Å². The van der Waals surface area contributed by atoms with Gasteiger partial charge in [0.05, 0.1) is 5.02 Å². The molecule has 18 heavy (non-hydrogen) atoms. The number of halogens is 1. The minimum atomic E-state index is 0.778. The minimum absolute atomic E-state index is 0.778. The number of methoxy groups -OCH3 is 1. The Labute approximate surface area is 112 Å². The molecule has 0 radical (unpaired) electrons. The largest absolute Gasteiger partial charge is 0.385 e. The molecule has 0 aliphatic heterocycles. The van der Waals surface area contributed by atoms with Gasteiger partial charge in [-0.3, -0.25) is 0 Å². The first-order chi connectivity index (χ1) is 8.83. The van der Waals surface area contributed by atoms with E-state index in [1.54, 1.807) is 7.11 Å². The minimum Gasteiger partial charge on any atom is -0.385 e. The van der Waals surface area contributed by atoms with Crippen LogP contribution in [0.2, 0.25) is 5.02 Å². The number of fused-ring (bicyclic) bond motifs is 1. The van der Waals surface area contributed by atoms with E-state index in [9.17, 15) is 0 Å². The van der Waals surface area contributed by atoms with E-state index < -0.39 is 0 Å². The molecule has 0 bridgehead atoms. The molecule has 3 nitrogen and oxygen atoms in total. The zero-order valence-electron chi connectivity index (χ0n) is 10.6. The normalized spacial score (nSPS) is 11.2. The lowest BCUT2D eigenvalue weighted by Gasteiger charge is -2.03. The Morgan fingerprint density at radius 1 is 1.28 bits per heavy atom. The molecule has 0 aliphatic carbocycles. The summed E-state index contributed by atoms with van der Waals surface area (Å²) in [7, 11) is 1.73. The summed E-state index contributed by atoms with van der Waals surface area (Å²) in [6, 6.07) is 8.10. The van der Waals surface area contributed by atoms with E-state index in [0.717, 1.165) is 54.2 Å². The van der Waals surface area contributed by atoms with Crippen molar-refractivity contribution in [1.82, 2.24) is 10.3 Å². The molecule has 1 aromatic heterocycles. The first-order valence-electron chi connectivity index (χ1n) is 6.27. The predicted molar refractivity (Wildman–Crippen MR) is 76.1 cm³/mol. The fourth-order valence-corrected chi connectivity index (χ4v) is 2.27. The monoisotopic (exact) mass is 266 g/mol. The molecule has 0 amide bonds. The van der Waals surface area contributed by atoms with Crippen molar-refractivity contribution in [3.63, 3.8) is 0 Å². The van der Waals surface area contributed by atoms with E-state index in [1.165, 1.54) is 0 Å². The number of H-pyrrole nitrogens is 1.